The molecule has 0 spiro atoms. The molecule has 3 heteroatoms. The van der Waals surface area contributed by atoms with Crippen molar-refractivity contribution in [2.24, 2.45) is 5.92 Å². The van der Waals surface area contributed by atoms with Gasteiger partial charge in [-0.1, -0.05) is 6.92 Å². The quantitative estimate of drug-likeness (QED) is 0.766. The molecule has 1 aliphatic rings. The molecule has 76 valence electrons. The highest BCUT2D eigenvalue weighted by atomic mass is 79.9. The Morgan fingerprint density at radius 1 is 1.43 bits per heavy atom. The van der Waals surface area contributed by atoms with E-state index in [4.69, 9.17) is 0 Å². The van der Waals surface area contributed by atoms with Crippen molar-refractivity contribution in [1.82, 2.24) is 4.98 Å². The maximum atomic E-state index is 4.42. The van der Waals surface area contributed by atoms with Crippen molar-refractivity contribution in [3.05, 3.63) is 22.8 Å². The van der Waals surface area contributed by atoms with Crippen LogP contribution in [0.5, 0.6) is 0 Å². The van der Waals surface area contributed by atoms with Crippen LogP contribution in [0, 0.1) is 5.92 Å². The summed E-state index contributed by atoms with van der Waals surface area (Å²) in [5.74, 6) is 1.88. The third kappa shape index (κ3) is 1.78. The Kier molecular flexibility index (Phi) is 2.77. The van der Waals surface area contributed by atoms with E-state index in [2.05, 4.69) is 51.8 Å². The zero-order valence-corrected chi connectivity index (χ0v) is 10.2. The average Bonchev–Trinajstić information content (AvgIpc) is 2.50. The molecule has 1 aliphatic heterocycles. The Bertz CT molecular complexity index is 310. The summed E-state index contributed by atoms with van der Waals surface area (Å²) in [5.41, 5.74) is 0. The summed E-state index contributed by atoms with van der Waals surface area (Å²) in [4.78, 5) is 6.81. The number of rotatable bonds is 1. The number of pyridine rings is 1. The van der Waals surface area contributed by atoms with Crippen molar-refractivity contribution < 1.29 is 0 Å². The third-order valence-electron chi connectivity index (χ3n) is 3.15. The molecule has 14 heavy (non-hydrogen) atoms. The molecule has 0 amide bonds. The predicted molar refractivity (Wildman–Crippen MR) is 62.5 cm³/mol. The fraction of sp³-hybridized carbons (Fsp3) is 0.545. The lowest BCUT2D eigenvalue weighted by Gasteiger charge is -2.24. The molecule has 2 unspecified atom stereocenters. The van der Waals surface area contributed by atoms with Gasteiger partial charge in [0.1, 0.15) is 5.82 Å². The standard InChI is InChI=1S/C11H15BrN2/c1-8-5-6-14(9(8)2)11-4-3-10(12)7-13-11/h3-4,7-9H,5-6H2,1-2H3. The fourth-order valence-electron chi connectivity index (χ4n) is 1.96. The first kappa shape index (κ1) is 9.97. The van der Waals surface area contributed by atoms with Crippen LogP contribution in [-0.4, -0.2) is 17.6 Å². The van der Waals surface area contributed by atoms with Crippen molar-refractivity contribution in [3.8, 4) is 0 Å². The smallest absolute Gasteiger partial charge is 0.128 e. The van der Waals surface area contributed by atoms with Crippen LogP contribution in [-0.2, 0) is 0 Å². The first-order chi connectivity index (χ1) is 6.68. The van der Waals surface area contributed by atoms with Crippen LogP contribution in [0.3, 0.4) is 0 Å². The molecule has 1 aromatic heterocycles. The number of aromatic nitrogens is 1. The Morgan fingerprint density at radius 2 is 2.21 bits per heavy atom. The average molecular weight is 255 g/mol. The van der Waals surface area contributed by atoms with Crippen LogP contribution in [0.25, 0.3) is 0 Å². The topological polar surface area (TPSA) is 16.1 Å². The lowest BCUT2D eigenvalue weighted by Crippen LogP contribution is -2.29. The van der Waals surface area contributed by atoms with Crippen LogP contribution in [0.15, 0.2) is 22.8 Å². The van der Waals surface area contributed by atoms with Crippen LogP contribution in [0.4, 0.5) is 5.82 Å². The van der Waals surface area contributed by atoms with E-state index in [9.17, 15) is 0 Å². The highest BCUT2D eigenvalue weighted by molar-refractivity contribution is 9.10. The van der Waals surface area contributed by atoms with Gasteiger partial charge in [-0.25, -0.2) is 4.98 Å². The first-order valence-corrected chi connectivity index (χ1v) is 5.86. The first-order valence-electron chi connectivity index (χ1n) is 5.06. The monoisotopic (exact) mass is 254 g/mol. The van der Waals surface area contributed by atoms with E-state index in [1.54, 1.807) is 0 Å². The van der Waals surface area contributed by atoms with Gasteiger partial charge < -0.3 is 4.90 Å². The van der Waals surface area contributed by atoms with Crippen LogP contribution >= 0.6 is 15.9 Å². The summed E-state index contributed by atoms with van der Waals surface area (Å²) in [6.45, 7) is 5.72. The van der Waals surface area contributed by atoms with Gasteiger partial charge in [0, 0.05) is 23.3 Å². The van der Waals surface area contributed by atoms with Crippen LogP contribution in [0.1, 0.15) is 20.3 Å². The zero-order chi connectivity index (χ0) is 10.1. The second kappa shape index (κ2) is 3.89. The molecule has 0 saturated carbocycles. The molecule has 1 aromatic rings. The number of nitrogens with zero attached hydrogens (tertiary/aromatic N) is 2. The van der Waals surface area contributed by atoms with Crippen molar-refractivity contribution >= 4 is 21.7 Å². The molecule has 0 bridgehead atoms. The Hall–Kier alpha value is -0.570. The lowest BCUT2D eigenvalue weighted by molar-refractivity contribution is 0.544. The summed E-state index contributed by atoms with van der Waals surface area (Å²) in [6, 6.07) is 4.75. The Morgan fingerprint density at radius 3 is 2.71 bits per heavy atom. The summed E-state index contributed by atoms with van der Waals surface area (Å²) in [7, 11) is 0. The minimum atomic E-state index is 0.615. The van der Waals surface area contributed by atoms with Gasteiger partial charge in [-0.05, 0) is 47.3 Å². The van der Waals surface area contributed by atoms with Gasteiger partial charge in [0.2, 0.25) is 0 Å². The van der Waals surface area contributed by atoms with Gasteiger partial charge in [0.25, 0.3) is 0 Å². The van der Waals surface area contributed by atoms with Crippen molar-refractivity contribution in [2.75, 3.05) is 11.4 Å². The van der Waals surface area contributed by atoms with Crippen molar-refractivity contribution in [3.63, 3.8) is 0 Å². The fourth-order valence-corrected chi connectivity index (χ4v) is 2.19. The van der Waals surface area contributed by atoms with E-state index >= 15 is 0 Å². The molecule has 1 saturated heterocycles. The van der Waals surface area contributed by atoms with E-state index in [1.807, 2.05) is 6.20 Å². The van der Waals surface area contributed by atoms with Crippen LogP contribution < -0.4 is 4.90 Å². The summed E-state index contributed by atoms with van der Waals surface area (Å²) in [6.07, 6.45) is 3.14. The molecule has 2 heterocycles. The van der Waals surface area contributed by atoms with Crippen molar-refractivity contribution in [2.45, 2.75) is 26.3 Å². The molecule has 2 rings (SSSR count). The van der Waals surface area contributed by atoms with E-state index in [-0.39, 0.29) is 0 Å². The van der Waals surface area contributed by atoms with Gasteiger partial charge in [-0.2, -0.15) is 0 Å². The highest BCUT2D eigenvalue weighted by Gasteiger charge is 2.27. The lowest BCUT2D eigenvalue weighted by atomic mass is 10.1. The molecular formula is C11H15BrN2. The van der Waals surface area contributed by atoms with E-state index in [0.717, 1.165) is 22.8 Å². The minimum Gasteiger partial charge on any atom is -0.354 e. The normalized spacial score (nSPS) is 26.9. The Balaban J connectivity index is 2.19. The second-order valence-corrected chi connectivity index (χ2v) is 4.95. The van der Waals surface area contributed by atoms with Gasteiger partial charge in [-0.3, -0.25) is 0 Å². The maximum Gasteiger partial charge on any atom is 0.128 e. The molecule has 2 atom stereocenters. The van der Waals surface area contributed by atoms with Gasteiger partial charge in [0.15, 0.2) is 0 Å². The number of halogens is 1. The van der Waals surface area contributed by atoms with Gasteiger partial charge in [0.05, 0.1) is 0 Å². The number of hydrogen-bond donors (Lipinski definition) is 0. The second-order valence-electron chi connectivity index (χ2n) is 4.03. The van der Waals surface area contributed by atoms with Gasteiger partial charge in [-0.15, -0.1) is 0 Å². The van der Waals surface area contributed by atoms with Crippen LogP contribution in [0.2, 0.25) is 0 Å². The largest absolute Gasteiger partial charge is 0.354 e. The third-order valence-corrected chi connectivity index (χ3v) is 3.62. The van der Waals surface area contributed by atoms with E-state index < -0.39 is 0 Å². The summed E-state index contributed by atoms with van der Waals surface area (Å²) < 4.78 is 1.04. The molecule has 0 N–H and O–H groups in total. The SMILES string of the molecule is CC1CCN(c2ccc(Br)cn2)C1C. The van der Waals surface area contributed by atoms with E-state index in [0.29, 0.717) is 6.04 Å². The molecule has 0 aliphatic carbocycles. The molecule has 2 nitrogen and oxygen atoms in total. The zero-order valence-electron chi connectivity index (χ0n) is 8.57. The summed E-state index contributed by atoms with van der Waals surface area (Å²) >= 11 is 3.40. The molecule has 0 radical (unpaired) electrons. The van der Waals surface area contributed by atoms with E-state index in [1.165, 1.54) is 6.42 Å². The molecule has 1 fully saturated rings. The van der Waals surface area contributed by atoms with Crippen molar-refractivity contribution in [1.29, 1.82) is 0 Å². The molecular weight excluding hydrogens is 240 g/mol. The molecule has 0 aromatic carbocycles. The predicted octanol–water partition coefficient (Wildman–Crippen LogP) is 3.08. The number of anilines is 1. The highest BCUT2D eigenvalue weighted by Crippen LogP contribution is 2.28. The maximum absolute atomic E-state index is 4.42. The Labute approximate surface area is 93.5 Å². The van der Waals surface area contributed by atoms with Gasteiger partial charge >= 0.3 is 0 Å². The summed E-state index contributed by atoms with van der Waals surface area (Å²) in [5, 5.41) is 0. The number of hydrogen-bond acceptors (Lipinski definition) is 2. The minimum absolute atomic E-state index is 0.615.